The predicted molar refractivity (Wildman–Crippen MR) is 123 cm³/mol. The molecular weight excluding hydrogens is 436 g/mol. The second-order valence-corrected chi connectivity index (χ2v) is 8.51. The van der Waals surface area contributed by atoms with E-state index >= 15 is 0 Å². The Balaban J connectivity index is 1.31. The molecule has 0 radical (unpaired) electrons. The molecule has 7 nitrogen and oxygen atoms in total. The van der Waals surface area contributed by atoms with Gasteiger partial charge in [-0.05, 0) is 42.3 Å². The van der Waals surface area contributed by atoms with Crippen LogP contribution in [0.5, 0.6) is 17.2 Å². The Hall–Kier alpha value is -3.04. The number of methoxy groups -OCH3 is 1. The number of fused-ring (bicyclic) bond motifs is 1. The number of thioether (sulfide) groups is 1. The number of anilines is 1. The zero-order chi connectivity index (χ0) is 21.8. The van der Waals surface area contributed by atoms with Crippen LogP contribution in [0, 0.1) is 0 Å². The van der Waals surface area contributed by atoms with Crippen molar-refractivity contribution in [2.45, 2.75) is 12.8 Å². The number of carbonyl (C=O) groups excluding carboxylic acids is 2. The maximum Gasteiger partial charge on any atom is 0.266 e. The summed E-state index contributed by atoms with van der Waals surface area (Å²) < 4.78 is 16.3. The van der Waals surface area contributed by atoms with Gasteiger partial charge in [0, 0.05) is 24.7 Å². The second-order valence-electron chi connectivity index (χ2n) is 6.83. The molecule has 2 aromatic carbocycles. The van der Waals surface area contributed by atoms with Crippen molar-refractivity contribution in [2.24, 2.45) is 0 Å². The third-order valence-electron chi connectivity index (χ3n) is 4.71. The minimum Gasteiger partial charge on any atom is -0.497 e. The van der Waals surface area contributed by atoms with Crippen molar-refractivity contribution in [1.29, 1.82) is 0 Å². The Morgan fingerprint density at radius 3 is 2.94 bits per heavy atom. The van der Waals surface area contributed by atoms with Crippen LogP contribution in [0.3, 0.4) is 0 Å². The fourth-order valence-corrected chi connectivity index (χ4v) is 4.48. The van der Waals surface area contributed by atoms with Gasteiger partial charge in [-0.2, -0.15) is 0 Å². The van der Waals surface area contributed by atoms with Crippen molar-refractivity contribution in [1.82, 2.24) is 4.90 Å². The van der Waals surface area contributed by atoms with Gasteiger partial charge >= 0.3 is 0 Å². The zero-order valence-electron chi connectivity index (χ0n) is 16.8. The molecule has 0 unspecified atom stereocenters. The van der Waals surface area contributed by atoms with E-state index in [1.54, 1.807) is 31.4 Å². The Morgan fingerprint density at radius 2 is 2.10 bits per heavy atom. The van der Waals surface area contributed by atoms with E-state index in [0.717, 1.165) is 5.56 Å². The van der Waals surface area contributed by atoms with Crippen molar-refractivity contribution in [3.05, 3.63) is 52.9 Å². The lowest BCUT2D eigenvalue weighted by Crippen LogP contribution is -2.29. The summed E-state index contributed by atoms with van der Waals surface area (Å²) in [6.07, 6.45) is 2.56. The molecule has 4 rings (SSSR count). The van der Waals surface area contributed by atoms with Crippen LogP contribution in [-0.2, 0) is 9.59 Å². The molecule has 0 aliphatic carbocycles. The number of hydrogen-bond acceptors (Lipinski definition) is 7. The van der Waals surface area contributed by atoms with Crippen LogP contribution < -0.4 is 19.5 Å². The molecule has 2 aliphatic heterocycles. The van der Waals surface area contributed by atoms with Gasteiger partial charge in [-0.1, -0.05) is 36.1 Å². The molecular formula is C22H20N2O5S2. The summed E-state index contributed by atoms with van der Waals surface area (Å²) in [6, 6.07) is 12.7. The smallest absolute Gasteiger partial charge is 0.266 e. The van der Waals surface area contributed by atoms with Crippen molar-refractivity contribution < 1.29 is 23.8 Å². The normalized spacial score (nSPS) is 16.2. The van der Waals surface area contributed by atoms with Crippen molar-refractivity contribution >= 4 is 51.9 Å². The Labute approximate surface area is 189 Å². The van der Waals surface area contributed by atoms with Gasteiger partial charge in [0.05, 0.1) is 12.0 Å². The number of benzene rings is 2. The number of thiocarbonyl (C=S) groups is 1. The van der Waals surface area contributed by atoms with E-state index in [0.29, 0.717) is 45.1 Å². The molecule has 31 heavy (non-hydrogen) atoms. The molecule has 9 heteroatoms. The van der Waals surface area contributed by atoms with Gasteiger partial charge in [0.2, 0.25) is 12.7 Å². The van der Waals surface area contributed by atoms with Gasteiger partial charge in [-0.15, -0.1) is 0 Å². The summed E-state index contributed by atoms with van der Waals surface area (Å²) in [4.78, 5) is 27.1. The minimum atomic E-state index is -0.152. The highest BCUT2D eigenvalue weighted by molar-refractivity contribution is 8.26. The molecule has 1 N–H and O–H groups in total. The molecule has 160 valence electrons. The standard InChI is InChI=1S/C22H20N2O5S2/c1-27-16-5-2-4-15(12-16)23-20(25)6-3-9-24-21(26)19(31-22(24)30)11-14-7-8-17-18(10-14)29-13-28-17/h2,4-5,7-8,10-12H,3,6,9,13H2,1H3,(H,23,25)/b19-11-. The van der Waals surface area contributed by atoms with Gasteiger partial charge in [-0.25, -0.2) is 0 Å². The largest absolute Gasteiger partial charge is 0.497 e. The number of nitrogens with zero attached hydrogens (tertiary/aromatic N) is 1. The fraction of sp³-hybridized carbons (Fsp3) is 0.227. The average Bonchev–Trinajstić information content (AvgIpc) is 3.33. The Kier molecular flexibility index (Phi) is 6.43. The van der Waals surface area contributed by atoms with Gasteiger partial charge in [0.25, 0.3) is 5.91 Å². The summed E-state index contributed by atoms with van der Waals surface area (Å²) in [7, 11) is 1.57. The number of rotatable bonds is 7. The highest BCUT2D eigenvalue weighted by Gasteiger charge is 2.31. The van der Waals surface area contributed by atoms with Crippen LogP contribution in [0.1, 0.15) is 18.4 Å². The van der Waals surface area contributed by atoms with Gasteiger partial charge in [0.1, 0.15) is 10.1 Å². The van der Waals surface area contributed by atoms with Crippen LogP contribution in [-0.4, -0.2) is 41.5 Å². The lowest BCUT2D eigenvalue weighted by molar-refractivity contribution is -0.122. The molecule has 2 amide bonds. The highest BCUT2D eigenvalue weighted by Crippen LogP contribution is 2.36. The molecule has 2 heterocycles. The van der Waals surface area contributed by atoms with E-state index in [1.165, 1.54) is 16.7 Å². The van der Waals surface area contributed by atoms with E-state index in [-0.39, 0.29) is 25.0 Å². The molecule has 0 spiro atoms. The van der Waals surface area contributed by atoms with E-state index in [4.69, 9.17) is 26.4 Å². The van der Waals surface area contributed by atoms with Crippen molar-refractivity contribution in [3.63, 3.8) is 0 Å². The van der Waals surface area contributed by atoms with E-state index < -0.39 is 0 Å². The number of ether oxygens (including phenoxy) is 3. The summed E-state index contributed by atoms with van der Waals surface area (Å²) in [5.74, 6) is 1.74. The highest BCUT2D eigenvalue weighted by atomic mass is 32.2. The van der Waals surface area contributed by atoms with Crippen LogP contribution in [0.25, 0.3) is 6.08 Å². The number of amides is 2. The van der Waals surface area contributed by atoms with E-state index in [2.05, 4.69) is 5.32 Å². The van der Waals surface area contributed by atoms with Crippen molar-refractivity contribution in [2.75, 3.05) is 25.8 Å². The van der Waals surface area contributed by atoms with E-state index in [9.17, 15) is 9.59 Å². The molecule has 1 fully saturated rings. The first-order valence-electron chi connectivity index (χ1n) is 9.62. The van der Waals surface area contributed by atoms with Crippen LogP contribution in [0.15, 0.2) is 47.4 Å². The third-order valence-corrected chi connectivity index (χ3v) is 6.08. The van der Waals surface area contributed by atoms with Crippen LogP contribution in [0.2, 0.25) is 0 Å². The average molecular weight is 457 g/mol. The predicted octanol–water partition coefficient (Wildman–Crippen LogP) is 4.04. The Bertz CT molecular complexity index is 1070. The molecule has 1 saturated heterocycles. The monoisotopic (exact) mass is 456 g/mol. The first-order valence-corrected chi connectivity index (χ1v) is 10.8. The first kappa shape index (κ1) is 21.2. The van der Waals surface area contributed by atoms with Crippen LogP contribution >= 0.6 is 24.0 Å². The maximum atomic E-state index is 12.8. The maximum absolute atomic E-state index is 12.8. The summed E-state index contributed by atoms with van der Waals surface area (Å²) in [5.41, 5.74) is 1.50. The molecule has 0 atom stereocenters. The minimum absolute atomic E-state index is 0.130. The molecule has 0 aromatic heterocycles. The van der Waals surface area contributed by atoms with Crippen molar-refractivity contribution in [3.8, 4) is 17.2 Å². The summed E-state index contributed by atoms with van der Waals surface area (Å²) in [6.45, 7) is 0.584. The number of nitrogens with one attached hydrogen (secondary N) is 1. The number of carbonyl (C=O) groups is 2. The molecule has 0 saturated carbocycles. The summed E-state index contributed by atoms with van der Waals surface area (Å²) in [5, 5.41) is 2.83. The third kappa shape index (κ3) is 5.00. The molecule has 2 aliphatic rings. The van der Waals surface area contributed by atoms with Gasteiger partial charge in [-0.3, -0.25) is 14.5 Å². The second kappa shape index (κ2) is 9.40. The lowest BCUT2D eigenvalue weighted by Gasteiger charge is -2.14. The lowest BCUT2D eigenvalue weighted by atomic mass is 10.2. The first-order chi connectivity index (χ1) is 15.0. The quantitative estimate of drug-likeness (QED) is 0.498. The molecule has 0 bridgehead atoms. The zero-order valence-corrected chi connectivity index (χ0v) is 18.4. The summed E-state index contributed by atoms with van der Waals surface area (Å²) >= 11 is 6.63. The van der Waals surface area contributed by atoms with Gasteiger partial charge < -0.3 is 19.5 Å². The number of hydrogen-bond donors (Lipinski definition) is 1. The Morgan fingerprint density at radius 1 is 1.26 bits per heavy atom. The van der Waals surface area contributed by atoms with Gasteiger partial charge in [0.15, 0.2) is 11.5 Å². The topological polar surface area (TPSA) is 77.1 Å². The van der Waals surface area contributed by atoms with E-state index in [1.807, 2.05) is 24.3 Å². The molecule has 2 aromatic rings. The SMILES string of the molecule is COc1cccc(NC(=O)CCCN2C(=O)/C(=C/c3ccc4c(c3)OCO4)SC2=S)c1. The van der Waals surface area contributed by atoms with Crippen LogP contribution in [0.4, 0.5) is 5.69 Å². The fourth-order valence-electron chi connectivity index (χ4n) is 3.17.